The number of aliphatic hydroxyl groups is 1. The second-order valence-electron chi connectivity index (χ2n) is 6.70. The normalized spacial score (nSPS) is 13.3. The molecule has 0 radical (unpaired) electrons. The van der Waals surface area contributed by atoms with Crippen LogP contribution in [-0.2, 0) is 5.60 Å². The minimum Gasteiger partial charge on any atom is -0.386 e. The van der Waals surface area contributed by atoms with E-state index in [9.17, 15) is 13.9 Å². The fraction of sp³-hybridized carbons (Fsp3) is 0.158. The average Bonchev–Trinajstić information content (AvgIpc) is 2.86. The Morgan fingerprint density at radius 2 is 1.85 bits per heavy atom. The second kappa shape index (κ2) is 6.14. The van der Waals surface area contributed by atoms with E-state index in [0.29, 0.717) is 16.9 Å². The lowest BCUT2D eigenvalue weighted by atomic mass is 9.97. The van der Waals surface area contributed by atoms with Gasteiger partial charge < -0.3 is 10.4 Å². The number of nitrogens with zero attached hydrogens (tertiary/aromatic N) is 3. The van der Waals surface area contributed by atoms with Gasteiger partial charge in [0.05, 0.1) is 28.7 Å². The van der Waals surface area contributed by atoms with Crippen molar-refractivity contribution in [3.05, 3.63) is 70.4 Å². The van der Waals surface area contributed by atoms with Crippen molar-refractivity contribution in [1.29, 1.82) is 0 Å². The van der Waals surface area contributed by atoms with Crippen LogP contribution in [0.4, 0.5) is 20.3 Å². The van der Waals surface area contributed by atoms with Crippen molar-refractivity contribution in [3.63, 3.8) is 0 Å². The minimum absolute atomic E-state index is 0.0241. The van der Waals surface area contributed by atoms with Gasteiger partial charge in [-0.2, -0.15) is 5.10 Å². The quantitative estimate of drug-likeness (QED) is 0.677. The van der Waals surface area contributed by atoms with Crippen molar-refractivity contribution in [3.8, 4) is 5.69 Å². The molecule has 0 amide bonds. The number of anilines is 1. The number of rotatable bonds is 2. The van der Waals surface area contributed by atoms with Gasteiger partial charge in [-0.3, -0.25) is 0 Å². The van der Waals surface area contributed by atoms with Crippen LogP contribution in [0.2, 0.25) is 5.02 Å². The summed E-state index contributed by atoms with van der Waals surface area (Å²) >= 11 is 6.20. The highest BCUT2D eigenvalue weighted by molar-refractivity contribution is 6.33. The van der Waals surface area contributed by atoms with Gasteiger partial charge in [0.1, 0.15) is 22.5 Å². The molecule has 2 N–H and O–H groups in total. The van der Waals surface area contributed by atoms with Crippen molar-refractivity contribution in [2.75, 3.05) is 5.32 Å². The van der Waals surface area contributed by atoms with Gasteiger partial charge in [0, 0.05) is 0 Å². The molecule has 8 heteroatoms. The van der Waals surface area contributed by atoms with Gasteiger partial charge in [0.15, 0.2) is 5.82 Å². The van der Waals surface area contributed by atoms with Gasteiger partial charge in [0.2, 0.25) is 0 Å². The predicted octanol–water partition coefficient (Wildman–Crippen LogP) is 4.54. The second-order valence-corrected chi connectivity index (χ2v) is 7.11. The van der Waals surface area contributed by atoms with Gasteiger partial charge in [-0.25, -0.2) is 18.5 Å². The number of fused-ring (bicyclic) bond motifs is 3. The first-order valence-corrected chi connectivity index (χ1v) is 8.54. The largest absolute Gasteiger partial charge is 0.386 e. The third-order valence-corrected chi connectivity index (χ3v) is 4.57. The summed E-state index contributed by atoms with van der Waals surface area (Å²) in [6, 6.07) is 8.74. The van der Waals surface area contributed by atoms with Gasteiger partial charge in [0.25, 0.3) is 0 Å². The molecule has 0 aliphatic carbocycles. The zero-order valence-electron chi connectivity index (χ0n) is 14.5. The standard InChI is InChI=1S/C19H15ClF2N4O/c1-19(2,27)10-6-7-14-15(8-10)26-18(11(20)9-23-26)25-17(24-14)16-12(21)4-3-5-13(16)22/h3-9,27H,1-2H3,(H,24,25). The Bertz CT molecular complexity index is 1070. The molecule has 138 valence electrons. The van der Waals surface area contributed by atoms with E-state index in [4.69, 9.17) is 11.6 Å². The van der Waals surface area contributed by atoms with E-state index < -0.39 is 17.2 Å². The maximum absolute atomic E-state index is 14.3. The predicted molar refractivity (Wildman–Crippen MR) is 100.0 cm³/mol. The van der Waals surface area contributed by atoms with E-state index in [0.717, 1.165) is 12.1 Å². The highest BCUT2D eigenvalue weighted by Crippen LogP contribution is 2.36. The third kappa shape index (κ3) is 2.98. The molecule has 3 aromatic rings. The Hall–Kier alpha value is -2.77. The van der Waals surface area contributed by atoms with Crippen LogP contribution in [0.3, 0.4) is 0 Å². The molecular formula is C19H15ClF2N4O. The molecule has 0 spiro atoms. The minimum atomic E-state index is -1.08. The molecule has 2 heterocycles. The molecule has 1 aliphatic heterocycles. The first-order chi connectivity index (χ1) is 12.8. The van der Waals surface area contributed by atoms with Crippen LogP contribution in [0, 0.1) is 11.6 Å². The maximum Gasteiger partial charge on any atom is 0.176 e. The molecule has 0 unspecified atom stereocenters. The molecule has 0 fully saturated rings. The lowest BCUT2D eigenvalue weighted by Gasteiger charge is -2.20. The first kappa shape index (κ1) is 17.6. The van der Waals surface area contributed by atoms with Crippen molar-refractivity contribution in [2.45, 2.75) is 19.4 Å². The Morgan fingerprint density at radius 3 is 2.52 bits per heavy atom. The summed E-state index contributed by atoms with van der Waals surface area (Å²) in [5.41, 5.74) is 0.330. The Kier molecular flexibility index (Phi) is 4.01. The number of nitrogens with one attached hydrogen (secondary N) is 1. The van der Waals surface area contributed by atoms with Crippen molar-refractivity contribution < 1.29 is 13.9 Å². The molecule has 0 saturated carbocycles. The molecule has 0 bridgehead atoms. The molecule has 2 aromatic carbocycles. The zero-order valence-corrected chi connectivity index (χ0v) is 15.2. The Morgan fingerprint density at radius 1 is 1.15 bits per heavy atom. The molecule has 0 saturated heterocycles. The highest BCUT2D eigenvalue weighted by Gasteiger charge is 2.25. The van der Waals surface area contributed by atoms with Crippen molar-refractivity contribution in [2.24, 2.45) is 4.99 Å². The third-order valence-electron chi connectivity index (χ3n) is 4.30. The number of hydrogen-bond donors (Lipinski definition) is 2. The van der Waals surface area contributed by atoms with Crippen LogP contribution >= 0.6 is 11.6 Å². The monoisotopic (exact) mass is 388 g/mol. The highest BCUT2D eigenvalue weighted by atomic mass is 35.5. The van der Waals surface area contributed by atoms with Crippen LogP contribution in [0.15, 0.2) is 47.6 Å². The van der Waals surface area contributed by atoms with Crippen LogP contribution in [-0.4, -0.2) is 20.7 Å². The number of benzene rings is 2. The lowest BCUT2D eigenvalue weighted by Crippen LogP contribution is -2.18. The summed E-state index contributed by atoms with van der Waals surface area (Å²) in [6.45, 7) is 3.32. The fourth-order valence-electron chi connectivity index (χ4n) is 2.90. The smallest absolute Gasteiger partial charge is 0.176 e. The van der Waals surface area contributed by atoms with E-state index in [-0.39, 0.29) is 22.2 Å². The molecule has 4 rings (SSSR count). The molecule has 0 atom stereocenters. The summed E-state index contributed by atoms with van der Waals surface area (Å²) in [5, 5.41) is 17.7. The number of halogens is 3. The van der Waals surface area contributed by atoms with E-state index in [1.165, 1.54) is 16.9 Å². The van der Waals surface area contributed by atoms with E-state index in [2.05, 4.69) is 15.4 Å². The number of aromatic nitrogens is 2. The first-order valence-electron chi connectivity index (χ1n) is 8.16. The summed E-state index contributed by atoms with van der Waals surface area (Å²) < 4.78 is 30.1. The molecule has 5 nitrogen and oxygen atoms in total. The SMILES string of the molecule is CC(C)(O)c1ccc2c(c1)-n1ncc(Cl)c1N=C(c1c(F)cccc1F)N2. The van der Waals surface area contributed by atoms with Crippen LogP contribution in [0.1, 0.15) is 25.0 Å². The Labute approximate surface area is 158 Å². The summed E-state index contributed by atoms with van der Waals surface area (Å²) in [6.07, 6.45) is 1.40. The van der Waals surface area contributed by atoms with E-state index in [1.807, 2.05) is 0 Å². The lowest BCUT2D eigenvalue weighted by molar-refractivity contribution is 0.0786. The van der Waals surface area contributed by atoms with E-state index in [1.54, 1.807) is 32.0 Å². The average molecular weight is 389 g/mol. The summed E-state index contributed by atoms with van der Waals surface area (Å²) in [7, 11) is 0. The van der Waals surface area contributed by atoms with Crippen LogP contribution in [0.5, 0.6) is 0 Å². The molecular weight excluding hydrogens is 374 g/mol. The number of aliphatic imine (C=N–C) groups is 1. The summed E-state index contributed by atoms with van der Waals surface area (Å²) in [5.74, 6) is -1.29. The van der Waals surface area contributed by atoms with Crippen LogP contribution in [0.25, 0.3) is 5.69 Å². The van der Waals surface area contributed by atoms with Crippen LogP contribution < -0.4 is 5.32 Å². The maximum atomic E-state index is 14.3. The van der Waals surface area contributed by atoms with Gasteiger partial charge in [-0.1, -0.05) is 23.7 Å². The summed E-state index contributed by atoms with van der Waals surface area (Å²) in [4.78, 5) is 4.33. The van der Waals surface area contributed by atoms with Gasteiger partial charge >= 0.3 is 0 Å². The molecule has 1 aromatic heterocycles. The molecule has 1 aliphatic rings. The topological polar surface area (TPSA) is 62.4 Å². The van der Waals surface area contributed by atoms with E-state index >= 15 is 0 Å². The fourth-order valence-corrected chi connectivity index (χ4v) is 3.06. The number of hydrogen-bond acceptors (Lipinski definition) is 4. The van der Waals surface area contributed by atoms with Crippen molar-refractivity contribution in [1.82, 2.24) is 9.78 Å². The van der Waals surface area contributed by atoms with Gasteiger partial charge in [-0.05, 0) is 43.7 Å². The zero-order chi connectivity index (χ0) is 19.3. The van der Waals surface area contributed by atoms with Crippen molar-refractivity contribution >= 4 is 28.9 Å². The van der Waals surface area contributed by atoms with Gasteiger partial charge in [-0.15, -0.1) is 0 Å². The Balaban J connectivity index is 1.97. The molecule has 27 heavy (non-hydrogen) atoms. The number of amidine groups is 1.